The molecule has 0 bridgehead atoms. The van der Waals surface area contributed by atoms with Crippen LogP contribution in [0.3, 0.4) is 0 Å². The number of aliphatic imine (C=N–C) groups is 1. The van der Waals surface area contributed by atoms with E-state index >= 15 is 0 Å². The van der Waals surface area contributed by atoms with E-state index in [0.29, 0.717) is 35.7 Å². The van der Waals surface area contributed by atoms with E-state index in [1.54, 1.807) is 12.4 Å². The first-order chi connectivity index (χ1) is 14.1. The van der Waals surface area contributed by atoms with E-state index in [0.717, 1.165) is 12.1 Å². The van der Waals surface area contributed by atoms with Crippen molar-refractivity contribution in [3.05, 3.63) is 41.8 Å². The maximum Gasteiger partial charge on any atom is 0.249 e. The summed E-state index contributed by atoms with van der Waals surface area (Å²) >= 11 is 0. The number of carbonyl (C=O) groups excluding carboxylic acids is 1. The van der Waals surface area contributed by atoms with Crippen molar-refractivity contribution in [2.24, 2.45) is 22.7 Å². The molecule has 2 atom stereocenters. The van der Waals surface area contributed by atoms with Crippen LogP contribution in [0.4, 0.5) is 0 Å². The number of nitrogens with one attached hydrogen (secondary N) is 1. The summed E-state index contributed by atoms with van der Waals surface area (Å²) < 4.78 is 1.43. The molecule has 0 saturated heterocycles. The third-order valence-corrected chi connectivity index (χ3v) is 5.98. The van der Waals surface area contributed by atoms with Crippen molar-refractivity contribution in [3.63, 3.8) is 0 Å². The van der Waals surface area contributed by atoms with Crippen molar-refractivity contribution in [3.8, 4) is 11.9 Å². The monoisotopic (exact) mass is 391 g/mol. The molecule has 0 spiro atoms. The fourth-order valence-electron chi connectivity index (χ4n) is 3.82. The summed E-state index contributed by atoms with van der Waals surface area (Å²) in [5, 5.41) is 27.0. The van der Waals surface area contributed by atoms with E-state index in [4.69, 9.17) is 5.26 Å². The van der Waals surface area contributed by atoms with Gasteiger partial charge in [-0.05, 0) is 36.7 Å². The number of allylic oxidation sites excluding steroid dienone is 4. The second kappa shape index (κ2) is 8.08. The molecule has 7 heteroatoms. The Morgan fingerprint density at radius 2 is 2.28 bits per heavy atom. The van der Waals surface area contributed by atoms with Gasteiger partial charge in [0.1, 0.15) is 5.84 Å². The van der Waals surface area contributed by atoms with Gasteiger partial charge in [0.05, 0.1) is 23.7 Å². The molecule has 1 fully saturated rings. The Morgan fingerprint density at radius 3 is 2.90 bits per heavy atom. The summed E-state index contributed by atoms with van der Waals surface area (Å²) in [6.45, 7) is 2.72. The molecule has 150 valence electrons. The molecule has 2 aliphatic carbocycles. The summed E-state index contributed by atoms with van der Waals surface area (Å²) in [5.41, 5.74) is 2.12. The van der Waals surface area contributed by atoms with Gasteiger partial charge in [0.15, 0.2) is 0 Å². The van der Waals surface area contributed by atoms with Crippen molar-refractivity contribution in [2.45, 2.75) is 39.0 Å². The Hall–Kier alpha value is -3.14. The Labute approximate surface area is 170 Å². The normalized spacial score (nSPS) is 24.1. The quantitative estimate of drug-likeness (QED) is 0.823. The highest BCUT2D eigenvalue weighted by Gasteiger charge is 2.26. The molecule has 0 aromatic carbocycles. The van der Waals surface area contributed by atoms with Gasteiger partial charge < -0.3 is 10.4 Å². The zero-order valence-electron chi connectivity index (χ0n) is 16.5. The number of hydrogen-bond donors (Lipinski definition) is 2. The molecule has 3 aliphatic rings. The summed E-state index contributed by atoms with van der Waals surface area (Å²) in [6, 6.07) is 2.21. The Bertz CT molecular complexity index is 972. The molecule has 29 heavy (non-hydrogen) atoms. The molecular weight excluding hydrogens is 366 g/mol. The van der Waals surface area contributed by atoms with E-state index in [2.05, 4.69) is 21.5 Å². The number of carbonyl (C=O) groups is 1. The molecule has 4 rings (SSSR count). The summed E-state index contributed by atoms with van der Waals surface area (Å²) in [4.78, 5) is 16.9. The molecule has 2 heterocycles. The minimum absolute atomic E-state index is 0.0129. The van der Waals surface area contributed by atoms with Crippen molar-refractivity contribution in [1.82, 2.24) is 15.1 Å². The van der Waals surface area contributed by atoms with Crippen LogP contribution < -0.4 is 5.32 Å². The minimum Gasteiger partial charge on any atom is -0.493 e. The van der Waals surface area contributed by atoms with Gasteiger partial charge in [-0.15, -0.1) is 0 Å². The van der Waals surface area contributed by atoms with E-state index in [-0.39, 0.29) is 23.6 Å². The molecule has 1 aromatic rings. The Kier molecular flexibility index (Phi) is 5.34. The molecule has 7 nitrogen and oxygen atoms in total. The zero-order valence-corrected chi connectivity index (χ0v) is 16.5. The van der Waals surface area contributed by atoms with Gasteiger partial charge in [-0.2, -0.15) is 15.0 Å². The van der Waals surface area contributed by atoms with Gasteiger partial charge in [-0.1, -0.05) is 31.6 Å². The standard InChI is InChI=1S/C22H25N5O2/c1-14-9-20(24-12-18(14)21(28)25-11-16-3-2-4-16)27-22(29)19(13-26-27)17-7-5-15(10-23)6-8-17/h5,7-8,12-16,29H,2-4,6,9,11H2,1H3,(H,25,28). The molecular formula is C22H25N5O2. The van der Waals surface area contributed by atoms with Crippen LogP contribution in [0.1, 0.15) is 44.6 Å². The van der Waals surface area contributed by atoms with Crippen LogP contribution in [-0.2, 0) is 4.79 Å². The Balaban J connectivity index is 1.48. The summed E-state index contributed by atoms with van der Waals surface area (Å²) in [5.74, 6) is 1.05. The smallest absolute Gasteiger partial charge is 0.249 e. The third-order valence-electron chi connectivity index (χ3n) is 5.98. The van der Waals surface area contributed by atoms with E-state index in [1.807, 2.05) is 25.2 Å². The number of aromatic nitrogens is 2. The molecule has 1 saturated carbocycles. The number of rotatable bonds is 4. The molecule has 1 aromatic heterocycles. The minimum atomic E-state index is -0.126. The van der Waals surface area contributed by atoms with Gasteiger partial charge in [0.2, 0.25) is 11.8 Å². The predicted molar refractivity (Wildman–Crippen MR) is 110 cm³/mol. The van der Waals surface area contributed by atoms with Gasteiger partial charge in [-0.25, -0.2) is 4.99 Å². The van der Waals surface area contributed by atoms with Crippen LogP contribution in [0.25, 0.3) is 5.57 Å². The average Bonchev–Trinajstić information content (AvgIpc) is 3.08. The Morgan fingerprint density at radius 1 is 1.45 bits per heavy atom. The first kappa shape index (κ1) is 19.2. The van der Waals surface area contributed by atoms with Crippen LogP contribution in [0.5, 0.6) is 5.88 Å². The fraction of sp³-hybridized carbons (Fsp3) is 0.455. The lowest BCUT2D eigenvalue weighted by Gasteiger charge is -2.26. The van der Waals surface area contributed by atoms with E-state index in [1.165, 1.54) is 23.9 Å². The first-order valence-electron chi connectivity index (χ1n) is 10.2. The largest absolute Gasteiger partial charge is 0.493 e. The predicted octanol–water partition coefficient (Wildman–Crippen LogP) is 3.16. The van der Waals surface area contributed by atoms with E-state index in [9.17, 15) is 9.90 Å². The SMILES string of the molecule is CC1CC(n2ncc(C3=CCC(C#N)C=C3)c2O)=NC=C1C(=O)NCC1CCC1. The molecule has 1 amide bonds. The van der Waals surface area contributed by atoms with Crippen LogP contribution in [0.15, 0.2) is 41.2 Å². The number of nitrogens with zero attached hydrogens (tertiary/aromatic N) is 4. The number of hydrogen-bond acceptors (Lipinski definition) is 5. The number of amides is 1. The molecule has 2 N–H and O–H groups in total. The van der Waals surface area contributed by atoms with Crippen LogP contribution in [0.2, 0.25) is 0 Å². The second-order valence-corrected chi connectivity index (χ2v) is 8.03. The maximum atomic E-state index is 12.5. The van der Waals surface area contributed by atoms with Gasteiger partial charge >= 0.3 is 0 Å². The van der Waals surface area contributed by atoms with Crippen molar-refractivity contribution >= 4 is 17.3 Å². The molecule has 1 aliphatic heterocycles. The van der Waals surface area contributed by atoms with Crippen LogP contribution in [-0.4, -0.2) is 33.2 Å². The average molecular weight is 391 g/mol. The highest BCUT2D eigenvalue weighted by Crippen LogP contribution is 2.32. The zero-order chi connectivity index (χ0) is 20.4. The maximum absolute atomic E-state index is 12.5. The van der Waals surface area contributed by atoms with E-state index < -0.39 is 0 Å². The highest BCUT2D eigenvalue weighted by molar-refractivity contribution is 5.97. The lowest BCUT2D eigenvalue weighted by molar-refractivity contribution is -0.118. The highest BCUT2D eigenvalue weighted by atomic mass is 16.3. The lowest BCUT2D eigenvalue weighted by atomic mass is 9.85. The van der Waals surface area contributed by atoms with Gasteiger partial charge in [0, 0.05) is 24.7 Å². The summed E-state index contributed by atoms with van der Waals surface area (Å²) in [6.07, 6.45) is 13.6. The molecule has 0 radical (unpaired) electrons. The van der Waals surface area contributed by atoms with Crippen molar-refractivity contribution in [1.29, 1.82) is 5.26 Å². The van der Waals surface area contributed by atoms with Crippen LogP contribution >= 0.6 is 0 Å². The topological polar surface area (TPSA) is 103 Å². The van der Waals surface area contributed by atoms with Gasteiger partial charge in [0.25, 0.3) is 0 Å². The molecule has 2 unspecified atom stereocenters. The van der Waals surface area contributed by atoms with Gasteiger partial charge in [-0.3, -0.25) is 4.79 Å². The van der Waals surface area contributed by atoms with Crippen molar-refractivity contribution < 1.29 is 9.90 Å². The first-order valence-corrected chi connectivity index (χ1v) is 10.2. The number of aromatic hydroxyl groups is 1. The van der Waals surface area contributed by atoms with Crippen LogP contribution in [0, 0.1) is 29.1 Å². The third kappa shape index (κ3) is 3.88. The number of nitriles is 1. The summed E-state index contributed by atoms with van der Waals surface area (Å²) in [7, 11) is 0. The lowest BCUT2D eigenvalue weighted by Crippen LogP contribution is -2.35. The van der Waals surface area contributed by atoms with Crippen molar-refractivity contribution in [2.75, 3.05) is 6.54 Å². The fourth-order valence-corrected chi connectivity index (χ4v) is 3.82. The second-order valence-electron chi connectivity index (χ2n) is 8.03.